The van der Waals surface area contributed by atoms with Crippen molar-refractivity contribution in [3.63, 3.8) is 0 Å². The molecule has 0 amide bonds. The normalized spacial score (nSPS) is 15.5. The number of alkyl halides is 3. The molecule has 1 saturated heterocycles. The summed E-state index contributed by atoms with van der Waals surface area (Å²) in [6.45, 7) is 1.10. The number of pyridine rings is 1. The minimum Gasteiger partial charge on any atom is -0.413 e. The molecule has 3 heterocycles. The van der Waals surface area contributed by atoms with Gasteiger partial charge in [0.15, 0.2) is 0 Å². The van der Waals surface area contributed by atoms with E-state index in [2.05, 4.69) is 24.9 Å². The van der Waals surface area contributed by atoms with Gasteiger partial charge in [0.2, 0.25) is 5.89 Å². The van der Waals surface area contributed by atoms with Crippen molar-refractivity contribution in [1.29, 1.82) is 0 Å². The molecule has 0 aliphatic carbocycles. The number of nitrogens with zero attached hydrogens (tertiary/aromatic N) is 5. The Bertz CT molecular complexity index is 1210. The van der Waals surface area contributed by atoms with Crippen molar-refractivity contribution in [2.45, 2.75) is 12.7 Å². The van der Waals surface area contributed by atoms with Gasteiger partial charge in [-0.3, -0.25) is 9.29 Å². The predicted molar refractivity (Wildman–Crippen MR) is 108 cm³/mol. The van der Waals surface area contributed by atoms with E-state index < -0.39 is 34.0 Å². The number of anilines is 1. The SMILES string of the molecule is O=S(=O)(N1CCNCC1)N(Cc1ccc(-c2nnc(C(F)(F)F)o2)cc1F)c1cccnc1. The molecule has 0 bridgehead atoms. The highest BCUT2D eigenvalue weighted by molar-refractivity contribution is 7.90. The van der Waals surface area contributed by atoms with Crippen LogP contribution in [0.1, 0.15) is 11.5 Å². The lowest BCUT2D eigenvalue weighted by atomic mass is 10.1. The largest absolute Gasteiger partial charge is 0.470 e. The van der Waals surface area contributed by atoms with E-state index in [0.717, 1.165) is 10.4 Å². The van der Waals surface area contributed by atoms with Crippen LogP contribution in [0.5, 0.6) is 0 Å². The maximum atomic E-state index is 14.9. The van der Waals surface area contributed by atoms with Crippen LogP contribution in [0.2, 0.25) is 0 Å². The molecule has 1 aliphatic rings. The molecule has 0 spiro atoms. The fourth-order valence-electron chi connectivity index (χ4n) is 3.24. The number of aromatic nitrogens is 3. The zero-order valence-electron chi connectivity index (χ0n) is 17.0. The lowest BCUT2D eigenvalue weighted by molar-refractivity contribution is -0.156. The van der Waals surface area contributed by atoms with Crippen LogP contribution in [0.15, 0.2) is 47.1 Å². The summed E-state index contributed by atoms with van der Waals surface area (Å²) in [5.41, 5.74) is 0.167. The summed E-state index contributed by atoms with van der Waals surface area (Å²) in [6, 6.07) is 6.56. The van der Waals surface area contributed by atoms with Crippen LogP contribution in [0, 0.1) is 5.82 Å². The molecule has 1 aromatic carbocycles. The molecule has 0 atom stereocenters. The van der Waals surface area contributed by atoms with Crippen LogP contribution >= 0.6 is 0 Å². The molecule has 14 heteroatoms. The van der Waals surface area contributed by atoms with Gasteiger partial charge in [-0.05, 0) is 24.3 Å². The number of halogens is 4. The Labute approximate surface area is 186 Å². The van der Waals surface area contributed by atoms with Crippen molar-refractivity contribution in [2.75, 3.05) is 30.5 Å². The topological polar surface area (TPSA) is 104 Å². The standard InChI is InChI=1S/C19H18F4N6O3S/c20-16-10-13(17-26-27-18(32-17)19(21,22)23)3-4-14(16)12-29(15-2-1-5-25-11-15)33(30,31)28-8-6-24-7-9-28/h1-5,10-11,24H,6-9,12H2. The van der Waals surface area contributed by atoms with E-state index in [1.54, 1.807) is 6.07 Å². The molecule has 0 radical (unpaired) electrons. The molecule has 9 nitrogen and oxygen atoms in total. The second-order valence-electron chi connectivity index (χ2n) is 7.09. The van der Waals surface area contributed by atoms with Crippen molar-refractivity contribution in [3.05, 3.63) is 60.0 Å². The zero-order chi connectivity index (χ0) is 23.6. The van der Waals surface area contributed by atoms with Crippen LogP contribution in [-0.4, -0.2) is 54.1 Å². The fourth-order valence-corrected chi connectivity index (χ4v) is 4.84. The van der Waals surface area contributed by atoms with Gasteiger partial charge in [-0.1, -0.05) is 6.07 Å². The van der Waals surface area contributed by atoms with E-state index in [9.17, 15) is 26.0 Å². The molecular formula is C19H18F4N6O3S. The predicted octanol–water partition coefficient (Wildman–Crippen LogP) is 2.45. The minimum atomic E-state index is -4.83. The number of nitrogens with one attached hydrogen (secondary N) is 1. The summed E-state index contributed by atoms with van der Waals surface area (Å²) >= 11 is 0. The average Bonchev–Trinajstić information content (AvgIpc) is 3.30. The van der Waals surface area contributed by atoms with Crippen LogP contribution in [0.25, 0.3) is 11.5 Å². The molecule has 33 heavy (non-hydrogen) atoms. The first-order chi connectivity index (χ1) is 15.7. The van der Waals surface area contributed by atoms with Gasteiger partial charge in [0.1, 0.15) is 5.82 Å². The van der Waals surface area contributed by atoms with Gasteiger partial charge in [-0.25, -0.2) is 4.39 Å². The fraction of sp³-hybridized carbons (Fsp3) is 0.316. The number of hydrogen-bond donors (Lipinski definition) is 1. The summed E-state index contributed by atoms with van der Waals surface area (Å²) in [7, 11) is -4.01. The van der Waals surface area contributed by atoms with E-state index >= 15 is 0 Å². The number of rotatable bonds is 6. The first-order valence-corrected chi connectivity index (χ1v) is 11.1. The van der Waals surface area contributed by atoms with E-state index in [-0.39, 0.29) is 36.4 Å². The monoisotopic (exact) mass is 486 g/mol. The van der Waals surface area contributed by atoms with Gasteiger partial charge >= 0.3 is 22.3 Å². The lowest BCUT2D eigenvalue weighted by Crippen LogP contribution is -2.51. The van der Waals surface area contributed by atoms with Crippen molar-refractivity contribution < 1.29 is 30.4 Å². The van der Waals surface area contributed by atoms with Gasteiger partial charge in [-0.2, -0.15) is 25.9 Å². The molecule has 1 aliphatic heterocycles. The second kappa shape index (κ2) is 9.03. The van der Waals surface area contributed by atoms with Crippen molar-refractivity contribution in [1.82, 2.24) is 24.8 Å². The number of piperazine rings is 1. The van der Waals surface area contributed by atoms with Gasteiger partial charge in [0, 0.05) is 43.5 Å². The number of benzene rings is 1. The van der Waals surface area contributed by atoms with Crippen LogP contribution < -0.4 is 9.62 Å². The van der Waals surface area contributed by atoms with Gasteiger partial charge in [-0.15, -0.1) is 10.2 Å². The Morgan fingerprint density at radius 3 is 2.52 bits per heavy atom. The molecule has 2 aromatic heterocycles. The smallest absolute Gasteiger partial charge is 0.413 e. The molecule has 0 unspecified atom stereocenters. The third-order valence-electron chi connectivity index (χ3n) is 4.90. The molecule has 0 saturated carbocycles. The van der Waals surface area contributed by atoms with Crippen LogP contribution in [0.4, 0.5) is 23.2 Å². The van der Waals surface area contributed by atoms with Crippen molar-refractivity contribution >= 4 is 15.9 Å². The highest BCUT2D eigenvalue weighted by Crippen LogP contribution is 2.31. The third-order valence-corrected chi connectivity index (χ3v) is 6.81. The summed E-state index contributed by atoms with van der Waals surface area (Å²) < 4.78 is 86.5. The Kier molecular flexibility index (Phi) is 6.32. The highest BCUT2D eigenvalue weighted by atomic mass is 32.2. The molecular weight excluding hydrogens is 468 g/mol. The quantitative estimate of drug-likeness (QED) is 0.534. The van der Waals surface area contributed by atoms with Gasteiger partial charge < -0.3 is 9.73 Å². The minimum absolute atomic E-state index is 0.00290. The second-order valence-corrected chi connectivity index (χ2v) is 8.94. The Morgan fingerprint density at radius 2 is 1.91 bits per heavy atom. The molecule has 3 aromatic rings. The summed E-state index contributed by atoms with van der Waals surface area (Å²) in [4.78, 5) is 3.95. The molecule has 176 valence electrons. The maximum absolute atomic E-state index is 14.9. The van der Waals surface area contributed by atoms with E-state index in [1.807, 2.05) is 0 Å². The van der Waals surface area contributed by atoms with E-state index in [1.165, 1.54) is 34.9 Å². The Hall–Kier alpha value is -3.10. The van der Waals surface area contributed by atoms with Crippen molar-refractivity contribution in [2.24, 2.45) is 0 Å². The third kappa shape index (κ3) is 4.96. The molecule has 1 fully saturated rings. The Balaban J connectivity index is 1.64. The number of hydrogen-bond acceptors (Lipinski definition) is 7. The van der Waals surface area contributed by atoms with Crippen LogP contribution in [0.3, 0.4) is 0 Å². The molecule has 4 rings (SSSR count). The van der Waals surface area contributed by atoms with Gasteiger partial charge in [0.25, 0.3) is 0 Å². The van der Waals surface area contributed by atoms with Crippen molar-refractivity contribution in [3.8, 4) is 11.5 Å². The lowest BCUT2D eigenvalue weighted by Gasteiger charge is -2.33. The van der Waals surface area contributed by atoms with E-state index in [4.69, 9.17) is 0 Å². The summed E-state index contributed by atoms with van der Waals surface area (Å²) in [5.74, 6) is -2.90. The first-order valence-electron chi connectivity index (χ1n) is 9.74. The average molecular weight is 486 g/mol. The van der Waals surface area contributed by atoms with E-state index in [0.29, 0.717) is 13.1 Å². The van der Waals surface area contributed by atoms with Gasteiger partial charge in [0.05, 0.1) is 18.4 Å². The first kappa shape index (κ1) is 23.1. The maximum Gasteiger partial charge on any atom is 0.470 e. The van der Waals surface area contributed by atoms with Crippen LogP contribution in [-0.2, 0) is 22.9 Å². The zero-order valence-corrected chi connectivity index (χ0v) is 17.8. The summed E-state index contributed by atoms with van der Waals surface area (Å²) in [6.07, 6.45) is -2.00. The summed E-state index contributed by atoms with van der Waals surface area (Å²) in [5, 5.41) is 9.29. The Morgan fingerprint density at radius 1 is 1.15 bits per heavy atom. The highest BCUT2D eigenvalue weighted by Gasteiger charge is 2.38. The molecule has 1 N–H and O–H groups in total.